The third kappa shape index (κ3) is 13.1. The van der Waals surface area contributed by atoms with Crippen LogP contribution in [0.15, 0.2) is 24.3 Å². The van der Waals surface area contributed by atoms with Crippen molar-refractivity contribution in [2.24, 2.45) is 0 Å². The van der Waals surface area contributed by atoms with Crippen molar-refractivity contribution >= 4 is 31.6 Å². The summed E-state index contributed by atoms with van der Waals surface area (Å²) in [6.07, 6.45) is 2.30. The van der Waals surface area contributed by atoms with Crippen molar-refractivity contribution in [2.75, 3.05) is 60.6 Å². The van der Waals surface area contributed by atoms with Gasteiger partial charge < -0.3 is 28.7 Å². The molecule has 2 aromatic rings. The smallest absolute Gasteiger partial charge is 0.748 e. The van der Waals surface area contributed by atoms with E-state index in [1.807, 2.05) is 0 Å². The van der Waals surface area contributed by atoms with E-state index in [9.17, 15) is 25.9 Å². The van der Waals surface area contributed by atoms with Gasteiger partial charge in [0.25, 0.3) is 0 Å². The monoisotopic (exact) mass is 711 g/mol. The molecule has 0 radical (unpaired) electrons. The molecule has 0 N–H and O–H groups in total. The van der Waals surface area contributed by atoms with E-state index in [4.69, 9.17) is 0 Å². The second kappa shape index (κ2) is 17.5. The Morgan fingerprint density at radius 2 is 0.889 bits per heavy atom. The summed E-state index contributed by atoms with van der Waals surface area (Å²) in [6.45, 7) is 22.2. The van der Waals surface area contributed by atoms with Gasteiger partial charge in [-0.15, -0.1) is 0 Å². The second-order valence-corrected chi connectivity index (χ2v) is 15.2. The number of aryl methyl sites for hydroxylation is 6. The van der Waals surface area contributed by atoms with Crippen molar-refractivity contribution in [3.05, 3.63) is 71.0 Å². The Balaban J connectivity index is 0.000000307. The Morgan fingerprint density at radius 3 is 1.18 bits per heavy atom. The van der Waals surface area contributed by atoms with Crippen LogP contribution >= 0.6 is 0 Å². The van der Waals surface area contributed by atoms with Crippen LogP contribution in [0.3, 0.4) is 0 Å². The van der Waals surface area contributed by atoms with Gasteiger partial charge in [-0.3, -0.25) is 0 Å². The molecule has 0 spiro atoms. The Hall–Kier alpha value is -1.70. The van der Waals surface area contributed by atoms with Crippen molar-refractivity contribution in [1.29, 1.82) is 0 Å². The second-order valence-electron chi connectivity index (χ2n) is 12.1. The summed E-state index contributed by atoms with van der Waals surface area (Å²) in [7, 11) is -8.16. The van der Waals surface area contributed by atoms with Crippen molar-refractivity contribution in [2.45, 2.75) is 67.2 Å². The number of benzene rings is 2. The van der Waals surface area contributed by atoms with Gasteiger partial charge in [0, 0.05) is 36.0 Å². The molecule has 258 valence electrons. The van der Waals surface area contributed by atoms with Gasteiger partial charge in [0.2, 0.25) is 0 Å². The van der Waals surface area contributed by atoms with Crippen LogP contribution in [0.25, 0.3) is 0 Å². The first-order valence-corrected chi connectivity index (χ1v) is 18.4. The van der Waals surface area contributed by atoms with Gasteiger partial charge in [-0.1, -0.05) is 35.4 Å². The Morgan fingerprint density at radius 1 is 0.578 bits per heavy atom. The third-order valence-corrected chi connectivity index (χ3v) is 9.46. The predicted octanol–water partition coefficient (Wildman–Crippen LogP) is 4.35. The van der Waals surface area contributed by atoms with Gasteiger partial charge >= 0.3 is 17.1 Å². The molecule has 2 fully saturated rings. The standard InChI is InChI=1S/2C16H25N2O3S.Cu/c2*1-13-10-14(2)16(15(3)11-13)18-8-7-17(12-18)6-4-5-9-22(19,20)21;/h2*10-12H,4-9H2,1-3H3,(H,19,20,21);/q2*-1;+1/p-2. The molecular formula is C32H48CuN4O6S2-3. The van der Waals surface area contributed by atoms with Crippen LogP contribution in [0.1, 0.15) is 59.1 Å². The average molecular weight is 712 g/mol. The SMILES string of the molecule is Cc1cc(C)c(N2[CH-]N(CCCCS(=O)(=O)[O-])CC2)c(C)c1.Cc1cc(C)c(N2[CH-]N(CCCCS(=O)(=O)[O-])CC2)c(C)c1.[Cu+]. The zero-order valence-corrected chi connectivity index (χ0v) is 29.9. The minimum absolute atomic E-state index is 0. The predicted molar refractivity (Wildman–Crippen MR) is 175 cm³/mol. The molecule has 2 heterocycles. The summed E-state index contributed by atoms with van der Waals surface area (Å²) in [4.78, 5) is 8.90. The van der Waals surface area contributed by atoms with E-state index in [1.165, 1.54) is 44.8 Å². The van der Waals surface area contributed by atoms with E-state index in [0.717, 1.165) is 52.1 Å². The number of nitrogens with zero attached hydrogens (tertiary/aromatic N) is 4. The number of hydrogen-bond acceptors (Lipinski definition) is 10. The summed E-state index contributed by atoms with van der Waals surface area (Å²) in [5, 5.41) is 0. The maximum atomic E-state index is 10.6. The molecule has 0 aliphatic carbocycles. The summed E-state index contributed by atoms with van der Waals surface area (Å²) in [5.41, 5.74) is 10.1. The first kappa shape index (κ1) is 39.5. The molecular weight excluding hydrogens is 664 g/mol. The van der Waals surface area contributed by atoms with E-state index in [2.05, 4.69) is 98.7 Å². The molecule has 2 aliphatic rings. The molecule has 0 bridgehead atoms. The molecule has 45 heavy (non-hydrogen) atoms. The van der Waals surface area contributed by atoms with E-state index in [0.29, 0.717) is 12.8 Å². The van der Waals surface area contributed by atoms with Crippen LogP contribution < -0.4 is 9.80 Å². The van der Waals surface area contributed by atoms with E-state index >= 15 is 0 Å². The van der Waals surface area contributed by atoms with Gasteiger partial charge in [0.05, 0.1) is 20.2 Å². The fourth-order valence-electron chi connectivity index (χ4n) is 6.21. The van der Waals surface area contributed by atoms with E-state index in [1.54, 1.807) is 0 Å². The van der Waals surface area contributed by atoms with Crippen LogP contribution in [0.2, 0.25) is 0 Å². The first-order chi connectivity index (χ1) is 20.5. The van der Waals surface area contributed by atoms with Crippen molar-refractivity contribution in [3.63, 3.8) is 0 Å². The van der Waals surface area contributed by atoms with Crippen LogP contribution in [-0.2, 0) is 37.3 Å². The van der Waals surface area contributed by atoms with Crippen LogP contribution in [0.5, 0.6) is 0 Å². The zero-order valence-electron chi connectivity index (χ0n) is 27.3. The Bertz CT molecular complexity index is 1330. The van der Waals surface area contributed by atoms with Crippen LogP contribution in [0.4, 0.5) is 11.4 Å². The van der Waals surface area contributed by atoms with Crippen molar-refractivity contribution in [1.82, 2.24) is 9.80 Å². The average Bonchev–Trinajstić information content (AvgIpc) is 3.53. The number of rotatable bonds is 12. The molecule has 2 aromatic carbocycles. The fourth-order valence-corrected chi connectivity index (χ4v) is 7.33. The molecule has 0 atom stereocenters. The largest absolute Gasteiger partial charge is 1.00 e. The maximum Gasteiger partial charge on any atom is 1.00 e. The van der Waals surface area contributed by atoms with E-state index < -0.39 is 20.2 Å². The third-order valence-electron chi connectivity index (χ3n) is 7.89. The quantitative estimate of drug-likeness (QED) is 0.136. The summed E-state index contributed by atoms with van der Waals surface area (Å²) in [6, 6.07) is 8.77. The van der Waals surface area contributed by atoms with Gasteiger partial charge in [-0.2, -0.15) is 13.3 Å². The normalized spacial score (nSPS) is 16.1. The number of hydrogen-bond donors (Lipinski definition) is 0. The number of anilines is 2. The van der Waals surface area contributed by atoms with E-state index in [-0.39, 0.29) is 28.6 Å². The molecule has 2 aliphatic heterocycles. The first-order valence-electron chi connectivity index (χ1n) is 15.3. The minimum atomic E-state index is -4.08. The van der Waals surface area contributed by atoms with Crippen LogP contribution in [0, 0.1) is 54.9 Å². The van der Waals surface area contributed by atoms with Gasteiger partial charge in [0.1, 0.15) is 0 Å². The maximum absolute atomic E-state index is 10.6. The summed E-state index contributed by atoms with van der Waals surface area (Å²) < 4.78 is 63.5. The molecule has 13 heteroatoms. The van der Waals surface area contributed by atoms with Crippen molar-refractivity contribution in [3.8, 4) is 0 Å². The van der Waals surface area contributed by atoms with Crippen LogP contribution in [-0.4, -0.2) is 86.5 Å². The molecule has 0 saturated carbocycles. The molecule has 0 amide bonds. The topological polar surface area (TPSA) is 127 Å². The summed E-state index contributed by atoms with van der Waals surface area (Å²) >= 11 is 0. The molecule has 10 nitrogen and oxygen atoms in total. The van der Waals surface area contributed by atoms with Gasteiger partial charge in [-0.25, -0.2) is 16.8 Å². The Kier molecular flexibility index (Phi) is 15.3. The minimum Gasteiger partial charge on any atom is -0.748 e. The fraction of sp³-hybridized carbons (Fsp3) is 0.562. The van der Waals surface area contributed by atoms with Gasteiger partial charge in [0.15, 0.2) is 0 Å². The summed E-state index contributed by atoms with van der Waals surface area (Å²) in [5.74, 6) is -0.526. The molecule has 0 aromatic heterocycles. The van der Waals surface area contributed by atoms with Gasteiger partial charge in [-0.05, 0) is 116 Å². The molecule has 2 saturated heterocycles. The molecule has 0 unspecified atom stereocenters. The zero-order chi connectivity index (χ0) is 32.7. The van der Waals surface area contributed by atoms with Crippen molar-refractivity contribution < 1.29 is 43.0 Å². The molecule has 4 rings (SSSR count). The number of unbranched alkanes of at least 4 members (excludes halogenated alkanes) is 2. The Labute approximate surface area is 282 Å².